The van der Waals surface area contributed by atoms with Gasteiger partial charge >= 0.3 is 5.97 Å². The van der Waals surface area contributed by atoms with Gasteiger partial charge in [-0.2, -0.15) is 0 Å². The highest BCUT2D eigenvalue weighted by molar-refractivity contribution is 7.80. The zero-order valence-corrected chi connectivity index (χ0v) is 17.9. The first-order chi connectivity index (χ1) is 12.9. The van der Waals surface area contributed by atoms with Crippen molar-refractivity contribution in [1.29, 1.82) is 0 Å². The van der Waals surface area contributed by atoms with Crippen LogP contribution in [-0.4, -0.2) is 35.2 Å². The fourth-order valence-electron chi connectivity index (χ4n) is 3.87. The topological polar surface area (TPSA) is 41.6 Å². The van der Waals surface area contributed by atoms with Gasteiger partial charge in [-0.3, -0.25) is 0 Å². The number of thiocarbonyl (C=S) groups is 1. The number of aryl methyl sites for hydroxylation is 1. The highest BCUT2D eigenvalue weighted by Gasteiger charge is 2.29. The molecule has 1 aliphatic heterocycles. The van der Waals surface area contributed by atoms with Crippen molar-refractivity contribution in [1.82, 2.24) is 4.90 Å². The summed E-state index contributed by atoms with van der Waals surface area (Å²) in [6, 6.07) is 10.7. The third kappa shape index (κ3) is 4.01. The van der Waals surface area contributed by atoms with Gasteiger partial charge in [0.05, 0.1) is 7.11 Å². The Balaban J connectivity index is 1.98. The second-order valence-corrected chi connectivity index (χ2v) is 8.67. The summed E-state index contributed by atoms with van der Waals surface area (Å²) >= 11 is 7.28. The average molecular weight is 403 g/mol. The molecule has 144 valence electrons. The number of ether oxygens (including phenoxy) is 1. The molecule has 1 fully saturated rings. The summed E-state index contributed by atoms with van der Waals surface area (Å²) in [5, 5.41) is 4.80. The van der Waals surface area contributed by atoms with Gasteiger partial charge in [-0.25, -0.2) is 4.79 Å². The van der Waals surface area contributed by atoms with Crippen molar-refractivity contribution in [3.63, 3.8) is 0 Å². The molecule has 1 saturated heterocycles. The molecule has 27 heavy (non-hydrogen) atoms. The summed E-state index contributed by atoms with van der Waals surface area (Å²) in [6.07, 6.45) is 3.49. The molecule has 0 radical (unpaired) electrons. The van der Waals surface area contributed by atoms with Gasteiger partial charge in [0.15, 0.2) is 5.11 Å². The number of benzene rings is 1. The van der Waals surface area contributed by atoms with Crippen molar-refractivity contribution in [3.8, 4) is 11.1 Å². The molecule has 0 aliphatic carbocycles. The van der Waals surface area contributed by atoms with Crippen LogP contribution in [-0.2, 0) is 4.74 Å². The van der Waals surface area contributed by atoms with E-state index < -0.39 is 0 Å². The molecular weight excluding hydrogens is 376 g/mol. The van der Waals surface area contributed by atoms with Crippen LogP contribution in [0.5, 0.6) is 0 Å². The van der Waals surface area contributed by atoms with Crippen LogP contribution in [0, 0.1) is 6.92 Å². The number of thiophene rings is 1. The van der Waals surface area contributed by atoms with Gasteiger partial charge in [-0.1, -0.05) is 30.3 Å². The number of nitrogens with one attached hydrogen (secondary N) is 1. The van der Waals surface area contributed by atoms with Crippen LogP contribution in [0.2, 0.25) is 0 Å². The van der Waals surface area contributed by atoms with Crippen LogP contribution in [0.25, 0.3) is 11.1 Å². The van der Waals surface area contributed by atoms with Gasteiger partial charge in [-0.05, 0) is 57.8 Å². The second kappa shape index (κ2) is 8.40. The molecule has 0 amide bonds. The maximum atomic E-state index is 12.6. The zero-order valence-electron chi connectivity index (χ0n) is 16.2. The summed E-state index contributed by atoms with van der Waals surface area (Å²) in [5.41, 5.74) is 2.48. The van der Waals surface area contributed by atoms with Crippen LogP contribution < -0.4 is 5.32 Å². The monoisotopic (exact) mass is 402 g/mol. The lowest BCUT2D eigenvalue weighted by atomic mass is 9.98. The number of methoxy groups -OCH3 is 1. The van der Waals surface area contributed by atoms with Crippen molar-refractivity contribution >= 4 is 39.6 Å². The number of rotatable bonds is 3. The minimum atomic E-state index is -0.344. The Hall–Kier alpha value is -1.92. The Kier molecular flexibility index (Phi) is 6.17. The van der Waals surface area contributed by atoms with Crippen LogP contribution in [0.4, 0.5) is 5.00 Å². The van der Waals surface area contributed by atoms with Crippen molar-refractivity contribution in [2.45, 2.75) is 52.1 Å². The SMILES string of the molecule is COC(=O)c1c(NC(=S)N2[C@H](C)CCC[C@@H]2C)sc(C)c1-c1ccccc1. The zero-order chi connectivity index (χ0) is 19.6. The number of piperidine rings is 1. The Morgan fingerprint density at radius 1 is 1.22 bits per heavy atom. The third-order valence-electron chi connectivity index (χ3n) is 5.18. The van der Waals surface area contributed by atoms with E-state index in [1.165, 1.54) is 13.5 Å². The predicted molar refractivity (Wildman–Crippen MR) is 117 cm³/mol. The first-order valence-electron chi connectivity index (χ1n) is 9.30. The highest BCUT2D eigenvalue weighted by Crippen LogP contribution is 2.40. The lowest BCUT2D eigenvalue weighted by molar-refractivity contribution is 0.0603. The van der Waals surface area contributed by atoms with Crippen LogP contribution in [0.15, 0.2) is 30.3 Å². The number of nitrogens with zero attached hydrogens (tertiary/aromatic N) is 1. The third-order valence-corrected chi connectivity index (χ3v) is 6.52. The first kappa shape index (κ1) is 19.8. The summed E-state index contributed by atoms with van der Waals surface area (Å²) in [4.78, 5) is 15.9. The van der Waals surface area contributed by atoms with Crippen LogP contribution >= 0.6 is 23.6 Å². The number of anilines is 1. The molecule has 1 aliphatic rings. The Morgan fingerprint density at radius 2 is 1.85 bits per heavy atom. The molecule has 3 rings (SSSR count). The maximum absolute atomic E-state index is 12.6. The molecule has 0 spiro atoms. The van der Waals surface area contributed by atoms with Crippen molar-refractivity contribution in [2.75, 3.05) is 12.4 Å². The largest absolute Gasteiger partial charge is 0.465 e. The van der Waals surface area contributed by atoms with Crippen molar-refractivity contribution < 1.29 is 9.53 Å². The number of carbonyl (C=O) groups excluding carboxylic acids is 1. The van der Waals surface area contributed by atoms with Gasteiger partial charge in [0.2, 0.25) is 0 Å². The van der Waals surface area contributed by atoms with Gasteiger partial charge in [0.1, 0.15) is 10.6 Å². The summed E-state index contributed by atoms with van der Waals surface area (Å²) in [6.45, 7) is 6.44. The van der Waals surface area contributed by atoms with E-state index in [1.807, 2.05) is 37.3 Å². The number of carbonyl (C=O) groups is 1. The van der Waals surface area contributed by atoms with Gasteiger partial charge in [0.25, 0.3) is 0 Å². The molecule has 0 unspecified atom stereocenters. The smallest absolute Gasteiger partial charge is 0.341 e. The average Bonchev–Trinajstić information content (AvgIpc) is 2.97. The lowest BCUT2D eigenvalue weighted by Crippen LogP contribution is -2.49. The normalized spacial score (nSPS) is 19.6. The predicted octanol–water partition coefficient (Wildman–Crippen LogP) is 5.47. The van der Waals surface area contributed by atoms with Gasteiger partial charge in [0, 0.05) is 22.5 Å². The summed E-state index contributed by atoms with van der Waals surface area (Å²) in [7, 11) is 1.42. The fourth-order valence-corrected chi connectivity index (χ4v) is 5.46. The molecule has 1 aromatic heterocycles. The first-order valence-corrected chi connectivity index (χ1v) is 10.5. The van der Waals surface area contributed by atoms with E-state index in [0.29, 0.717) is 22.8 Å². The lowest BCUT2D eigenvalue weighted by Gasteiger charge is -2.40. The maximum Gasteiger partial charge on any atom is 0.341 e. The van der Waals surface area contributed by atoms with Gasteiger partial charge in [-0.15, -0.1) is 11.3 Å². The van der Waals surface area contributed by atoms with E-state index in [0.717, 1.165) is 33.8 Å². The van der Waals surface area contributed by atoms with Crippen LogP contribution in [0.3, 0.4) is 0 Å². The summed E-state index contributed by atoms with van der Waals surface area (Å²) in [5.74, 6) is -0.344. The minimum Gasteiger partial charge on any atom is -0.465 e. The highest BCUT2D eigenvalue weighted by atomic mass is 32.1. The Labute approximate surface area is 170 Å². The molecule has 1 aromatic carbocycles. The second-order valence-electron chi connectivity index (χ2n) is 7.06. The molecule has 2 aromatic rings. The number of likely N-dealkylation sites (tertiary alicyclic amines) is 1. The molecule has 2 heterocycles. The number of hydrogen-bond acceptors (Lipinski definition) is 4. The molecule has 0 bridgehead atoms. The Bertz CT molecular complexity index is 822. The van der Waals surface area contributed by atoms with E-state index in [1.54, 1.807) is 11.3 Å². The Morgan fingerprint density at radius 3 is 2.44 bits per heavy atom. The molecule has 0 saturated carbocycles. The minimum absolute atomic E-state index is 0.344. The van der Waals surface area contributed by atoms with E-state index in [2.05, 4.69) is 24.1 Å². The van der Waals surface area contributed by atoms with E-state index in [4.69, 9.17) is 17.0 Å². The molecule has 2 atom stereocenters. The van der Waals surface area contributed by atoms with E-state index >= 15 is 0 Å². The quantitative estimate of drug-likeness (QED) is 0.545. The molecule has 1 N–H and O–H groups in total. The molecule has 6 heteroatoms. The van der Waals surface area contributed by atoms with Crippen molar-refractivity contribution in [3.05, 3.63) is 40.8 Å². The van der Waals surface area contributed by atoms with Crippen LogP contribution in [0.1, 0.15) is 48.3 Å². The molecular formula is C21H26N2O2S2. The molecule has 4 nitrogen and oxygen atoms in total. The van der Waals surface area contributed by atoms with E-state index in [-0.39, 0.29) is 5.97 Å². The van der Waals surface area contributed by atoms with E-state index in [9.17, 15) is 4.79 Å². The van der Waals surface area contributed by atoms with Gasteiger partial charge < -0.3 is 15.0 Å². The fraction of sp³-hybridized carbons (Fsp3) is 0.429. The number of esters is 1. The summed E-state index contributed by atoms with van der Waals surface area (Å²) < 4.78 is 5.09. The number of hydrogen-bond donors (Lipinski definition) is 1. The standard InChI is InChI=1S/C21H26N2O2S2/c1-13-9-8-10-14(2)23(13)21(26)22-19-18(20(24)25-4)17(15(3)27-19)16-11-6-5-7-12-16/h5-7,11-14H,8-10H2,1-4H3,(H,22,26)/t13-,14+. The van der Waals surface area contributed by atoms with Crippen molar-refractivity contribution in [2.24, 2.45) is 0 Å².